The summed E-state index contributed by atoms with van der Waals surface area (Å²) < 4.78 is 1.89. The number of rotatable bonds is 5. The Hall–Kier alpha value is -3.12. The van der Waals surface area contributed by atoms with Crippen LogP contribution in [-0.2, 0) is 6.54 Å². The molecule has 3 aromatic rings. The number of nitrogens with two attached hydrogens (primary N) is 1. The van der Waals surface area contributed by atoms with Gasteiger partial charge < -0.3 is 10.3 Å². The second-order valence-electron chi connectivity index (χ2n) is 5.88. The summed E-state index contributed by atoms with van der Waals surface area (Å²) in [4.78, 5) is 22.4. The lowest BCUT2D eigenvalue weighted by atomic mass is 10.1. The molecule has 0 saturated heterocycles. The Morgan fingerprint density at radius 3 is 2.58 bits per heavy atom. The molecule has 0 unspecified atom stereocenters. The van der Waals surface area contributed by atoms with Crippen molar-refractivity contribution < 1.29 is 9.72 Å². The second kappa shape index (κ2) is 7.01. The molecule has 0 radical (unpaired) electrons. The van der Waals surface area contributed by atoms with Crippen LogP contribution in [0.4, 0.5) is 5.69 Å². The summed E-state index contributed by atoms with van der Waals surface area (Å²) in [6.07, 6.45) is 0. The van der Waals surface area contributed by atoms with Crippen molar-refractivity contribution in [2.24, 2.45) is 5.73 Å². The average Bonchev–Trinajstić information content (AvgIpc) is 2.94. The largest absolute Gasteiger partial charge is 0.366 e. The Labute approximate surface area is 155 Å². The lowest BCUT2D eigenvalue weighted by Gasteiger charge is -2.13. The predicted octanol–water partition coefficient (Wildman–Crippen LogP) is 4.17. The number of non-ortho nitro benzene ring substituents is 1. The number of amides is 1. The third-order valence-corrected chi connectivity index (χ3v) is 4.64. The molecule has 0 aliphatic carbocycles. The Bertz CT molecular complexity index is 1010. The minimum absolute atomic E-state index is 0.0220. The maximum Gasteiger partial charge on any atom is 0.270 e. The molecule has 132 valence electrons. The number of carbonyl (C=O) groups excluding carboxylic acids is 1. The lowest BCUT2D eigenvalue weighted by molar-refractivity contribution is -0.384. The molecule has 0 aliphatic heterocycles. The fourth-order valence-electron chi connectivity index (χ4n) is 2.91. The van der Waals surface area contributed by atoms with Gasteiger partial charge in [0.15, 0.2) is 0 Å². The molecule has 0 bridgehead atoms. The summed E-state index contributed by atoms with van der Waals surface area (Å²) >= 11 is 6.27. The molecule has 2 N–H and O–H groups in total. The van der Waals surface area contributed by atoms with E-state index in [4.69, 9.17) is 17.3 Å². The molecule has 0 aliphatic rings. The third kappa shape index (κ3) is 3.32. The van der Waals surface area contributed by atoms with E-state index in [0.717, 1.165) is 5.56 Å². The minimum Gasteiger partial charge on any atom is -0.366 e. The number of primary amides is 1. The topological polar surface area (TPSA) is 91.2 Å². The highest BCUT2D eigenvalue weighted by molar-refractivity contribution is 6.31. The van der Waals surface area contributed by atoms with Crippen LogP contribution in [0.1, 0.15) is 21.6 Å². The minimum atomic E-state index is -0.549. The van der Waals surface area contributed by atoms with Gasteiger partial charge in [0.05, 0.1) is 10.5 Å². The van der Waals surface area contributed by atoms with Crippen LogP contribution in [-0.4, -0.2) is 15.4 Å². The normalized spacial score (nSPS) is 10.7. The molecule has 1 heterocycles. The number of benzene rings is 2. The number of nitrogens with zero attached hydrogens (tertiary/aromatic N) is 2. The van der Waals surface area contributed by atoms with E-state index in [-0.39, 0.29) is 5.69 Å². The van der Waals surface area contributed by atoms with E-state index in [0.29, 0.717) is 34.1 Å². The van der Waals surface area contributed by atoms with Crippen molar-refractivity contribution in [3.05, 3.63) is 86.6 Å². The van der Waals surface area contributed by atoms with Crippen molar-refractivity contribution in [2.45, 2.75) is 13.5 Å². The zero-order valence-electron chi connectivity index (χ0n) is 14.0. The van der Waals surface area contributed by atoms with Crippen molar-refractivity contribution in [3.8, 4) is 11.3 Å². The second-order valence-corrected chi connectivity index (χ2v) is 6.29. The number of carbonyl (C=O) groups is 1. The fourth-order valence-corrected chi connectivity index (χ4v) is 3.11. The third-order valence-electron chi connectivity index (χ3n) is 4.27. The van der Waals surface area contributed by atoms with Gasteiger partial charge in [-0.2, -0.15) is 0 Å². The van der Waals surface area contributed by atoms with Gasteiger partial charge in [0, 0.05) is 40.7 Å². The molecule has 7 heteroatoms. The first-order valence-electron chi connectivity index (χ1n) is 7.86. The van der Waals surface area contributed by atoms with Gasteiger partial charge in [0.1, 0.15) is 0 Å². The Morgan fingerprint density at radius 1 is 1.19 bits per heavy atom. The lowest BCUT2D eigenvalue weighted by Crippen LogP contribution is -2.12. The number of halogens is 1. The first-order chi connectivity index (χ1) is 12.4. The van der Waals surface area contributed by atoms with E-state index in [2.05, 4.69) is 0 Å². The number of hydrogen-bond donors (Lipinski definition) is 1. The fraction of sp³-hybridized carbons (Fsp3) is 0.105. The molecular formula is C19H16ClN3O3. The molecule has 3 rings (SSSR count). The van der Waals surface area contributed by atoms with Crippen molar-refractivity contribution in [1.29, 1.82) is 0 Å². The SMILES string of the molecule is Cc1c(C(N)=O)cc(-c2cccc([N+](=O)[O-])c2)n1Cc1ccccc1Cl. The van der Waals surface area contributed by atoms with E-state index in [1.807, 2.05) is 22.8 Å². The van der Waals surface area contributed by atoms with Crippen molar-refractivity contribution in [2.75, 3.05) is 0 Å². The quantitative estimate of drug-likeness (QED) is 0.540. The van der Waals surface area contributed by atoms with Gasteiger partial charge in [-0.05, 0) is 24.6 Å². The Morgan fingerprint density at radius 2 is 1.92 bits per heavy atom. The Kier molecular flexibility index (Phi) is 4.77. The van der Waals surface area contributed by atoms with Gasteiger partial charge >= 0.3 is 0 Å². The van der Waals surface area contributed by atoms with Crippen LogP contribution in [0.2, 0.25) is 5.02 Å². The zero-order chi connectivity index (χ0) is 18.8. The van der Waals surface area contributed by atoms with Crippen LogP contribution in [0.5, 0.6) is 0 Å². The van der Waals surface area contributed by atoms with E-state index < -0.39 is 10.8 Å². The molecule has 0 spiro atoms. The van der Waals surface area contributed by atoms with Gasteiger partial charge in [-0.15, -0.1) is 0 Å². The Balaban J connectivity index is 2.17. The number of aromatic nitrogens is 1. The van der Waals surface area contributed by atoms with Gasteiger partial charge in [0.25, 0.3) is 11.6 Å². The van der Waals surface area contributed by atoms with Gasteiger partial charge in [-0.3, -0.25) is 14.9 Å². The van der Waals surface area contributed by atoms with Crippen LogP contribution >= 0.6 is 11.6 Å². The summed E-state index contributed by atoms with van der Waals surface area (Å²) in [5, 5.41) is 11.7. The van der Waals surface area contributed by atoms with Crippen molar-refractivity contribution in [3.63, 3.8) is 0 Å². The summed E-state index contributed by atoms with van der Waals surface area (Å²) in [7, 11) is 0. The smallest absolute Gasteiger partial charge is 0.270 e. The number of nitro benzene ring substituents is 1. The summed E-state index contributed by atoms with van der Waals surface area (Å²) in [6, 6.07) is 15.3. The molecule has 2 aromatic carbocycles. The molecule has 0 fully saturated rings. The highest BCUT2D eigenvalue weighted by atomic mass is 35.5. The van der Waals surface area contributed by atoms with E-state index in [1.165, 1.54) is 12.1 Å². The maximum absolute atomic E-state index is 11.8. The average molecular weight is 370 g/mol. The molecule has 1 aromatic heterocycles. The first kappa shape index (κ1) is 17.7. The predicted molar refractivity (Wildman–Crippen MR) is 100 cm³/mol. The molecule has 1 amide bonds. The molecule has 0 atom stereocenters. The van der Waals surface area contributed by atoms with Crippen LogP contribution in [0.3, 0.4) is 0 Å². The van der Waals surface area contributed by atoms with Gasteiger partial charge in [-0.1, -0.05) is 41.9 Å². The first-order valence-corrected chi connectivity index (χ1v) is 8.24. The molecule has 0 saturated carbocycles. The highest BCUT2D eigenvalue weighted by Gasteiger charge is 2.19. The highest BCUT2D eigenvalue weighted by Crippen LogP contribution is 2.30. The number of hydrogen-bond acceptors (Lipinski definition) is 3. The molecule has 6 nitrogen and oxygen atoms in total. The monoisotopic (exact) mass is 369 g/mol. The van der Waals surface area contributed by atoms with Gasteiger partial charge in [0.2, 0.25) is 0 Å². The van der Waals surface area contributed by atoms with Crippen molar-refractivity contribution >= 4 is 23.2 Å². The maximum atomic E-state index is 11.8. The summed E-state index contributed by atoms with van der Waals surface area (Å²) in [6.45, 7) is 2.20. The summed E-state index contributed by atoms with van der Waals surface area (Å²) in [5.74, 6) is -0.549. The molecular weight excluding hydrogens is 354 g/mol. The van der Waals surface area contributed by atoms with Gasteiger partial charge in [-0.25, -0.2) is 0 Å². The zero-order valence-corrected chi connectivity index (χ0v) is 14.7. The van der Waals surface area contributed by atoms with Crippen LogP contribution in [0, 0.1) is 17.0 Å². The van der Waals surface area contributed by atoms with E-state index in [9.17, 15) is 14.9 Å². The standard InChI is InChI=1S/C19H16ClN3O3/c1-12-16(19(21)24)10-18(13-6-4-7-15(9-13)23(25)26)22(12)11-14-5-2-3-8-17(14)20/h2-10H,11H2,1H3,(H2,21,24). The van der Waals surface area contributed by atoms with E-state index in [1.54, 1.807) is 31.2 Å². The summed E-state index contributed by atoms with van der Waals surface area (Å²) in [5.41, 5.74) is 8.69. The van der Waals surface area contributed by atoms with Crippen LogP contribution in [0.25, 0.3) is 11.3 Å². The molecule has 26 heavy (non-hydrogen) atoms. The van der Waals surface area contributed by atoms with Crippen LogP contribution < -0.4 is 5.73 Å². The van der Waals surface area contributed by atoms with Crippen molar-refractivity contribution in [1.82, 2.24) is 4.57 Å². The van der Waals surface area contributed by atoms with Crippen LogP contribution in [0.15, 0.2) is 54.6 Å². The van der Waals surface area contributed by atoms with E-state index >= 15 is 0 Å². The number of nitro groups is 1.